The van der Waals surface area contributed by atoms with Crippen molar-refractivity contribution in [3.05, 3.63) is 76.3 Å². The molecule has 0 bridgehead atoms. The number of rotatable bonds is 3. The van der Waals surface area contributed by atoms with E-state index in [2.05, 4.69) is 5.32 Å². The number of sulfonamides is 1. The van der Waals surface area contributed by atoms with Gasteiger partial charge in [-0.3, -0.25) is 9.10 Å². The van der Waals surface area contributed by atoms with E-state index in [0.29, 0.717) is 27.5 Å². The zero-order valence-corrected chi connectivity index (χ0v) is 18.4. The summed E-state index contributed by atoms with van der Waals surface area (Å²) in [5.74, 6) is -0.408. The van der Waals surface area contributed by atoms with Crippen LogP contribution in [0.5, 0.6) is 0 Å². The van der Waals surface area contributed by atoms with Crippen molar-refractivity contribution in [2.75, 3.05) is 16.2 Å². The van der Waals surface area contributed by atoms with Gasteiger partial charge in [0.15, 0.2) is 0 Å². The van der Waals surface area contributed by atoms with Gasteiger partial charge in [-0.05, 0) is 56.2 Å². The Hall–Kier alpha value is -2.83. The van der Waals surface area contributed by atoms with Gasteiger partial charge in [-0.25, -0.2) is 8.42 Å². The minimum Gasteiger partial charge on any atom is -0.324 e. The van der Waals surface area contributed by atoms with Crippen LogP contribution >= 0.6 is 11.6 Å². The van der Waals surface area contributed by atoms with E-state index in [1.165, 1.54) is 0 Å². The Kier molecular flexibility index (Phi) is 5.08. The topological polar surface area (TPSA) is 66.5 Å². The van der Waals surface area contributed by atoms with E-state index in [1.54, 1.807) is 42.5 Å². The second kappa shape index (κ2) is 7.45. The fourth-order valence-corrected chi connectivity index (χ4v) is 5.78. The molecule has 0 fully saturated rings. The van der Waals surface area contributed by atoms with Crippen molar-refractivity contribution in [1.29, 1.82) is 0 Å². The van der Waals surface area contributed by atoms with Crippen molar-refractivity contribution in [2.24, 2.45) is 0 Å². The molecule has 154 valence electrons. The van der Waals surface area contributed by atoms with Crippen molar-refractivity contribution in [3.8, 4) is 11.1 Å². The molecule has 4 rings (SSSR count). The van der Waals surface area contributed by atoms with E-state index in [-0.39, 0.29) is 11.4 Å². The number of carbonyl (C=O) groups is 1. The maximum atomic E-state index is 13.3. The van der Waals surface area contributed by atoms with Gasteiger partial charge < -0.3 is 5.32 Å². The van der Waals surface area contributed by atoms with Crippen LogP contribution in [0.4, 0.5) is 11.4 Å². The molecule has 0 saturated carbocycles. The molecule has 5 nitrogen and oxygen atoms in total. The number of fused-ring (bicyclic) bond motifs is 3. The van der Waals surface area contributed by atoms with Crippen LogP contribution in [0.25, 0.3) is 11.1 Å². The third-order valence-corrected chi connectivity index (χ3v) is 7.25. The number of hydrogen-bond donors (Lipinski definition) is 1. The minimum atomic E-state index is -3.89. The van der Waals surface area contributed by atoms with Gasteiger partial charge in [-0.2, -0.15) is 0 Å². The molecule has 0 spiro atoms. The standard InChI is InChI=1S/C23H21ClN2O3S/c1-14-10-15(2)23(16(3)11-14)25-22(27)13-26-20-9-8-17(24)12-19(20)18-6-4-5-7-21(18)30(26,28)29/h4-12H,13H2,1-3H3,(H,25,27). The molecule has 1 N–H and O–H groups in total. The summed E-state index contributed by atoms with van der Waals surface area (Å²) in [5, 5.41) is 3.38. The Morgan fingerprint density at radius 1 is 0.967 bits per heavy atom. The first-order chi connectivity index (χ1) is 14.2. The zero-order chi connectivity index (χ0) is 21.6. The average molecular weight is 441 g/mol. The second-order valence-corrected chi connectivity index (χ2v) is 9.76. The molecule has 3 aromatic rings. The monoisotopic (exact) mass is 440 g/mol. The summed E-state index contributed by atoms with van der Waals surface area (Å²) in [5.41, 5.74) is 5.37. The Morgan fingerprint density at radius 2 is 1.63 bits per heavy atom. The highest BCUT2D eigenvalue weighted by atomic mass is 35.5. The highest BCUT2D eigenvalue weighted by Gasteiger charge is 2.36. The molecule has 1 aliphatic heterocycles. The lowest BCUT2D eigenvalue weighted by molar-refractivity contribution is -0.114. The largest absolute Gasteiger partial charge is 0.324 e. The second-order valence-electron chi connectivity index (χ2n) is 7.49. The summed E-state index contributed by atoms with van der Waals surface area (Å²) in [6, 6.07) is 15.7. The lowest BCUT2D eigenvalue weighted by Crippen LogP contribution is -2.40. The molecule has 0 radical (unpaired) electrons. The number of nitrogens with one attached hydrogen (secondary N) is 1. The summed E-state index contributed by atoms with van der Waals surface area (Å²) in [4.78, 5) is 13.1. The summed E-state index contributed by atoms with van der Waals surface area (Å²) in [7, 11) is -3.89. The molecule has 0 unspecified atom stereocenters. The Balaban J connectivity index is 1.74. The molecule has 7 heteroatoms. The number of aryl methyl sites for hydroxylation is 3. The number of nitrogens with zero attached hydrogens (tertiary/aromatic N) is 1. The molecule has 1 aliphatic rings. The van der Waals surface area contributed by atoms with E-state index < -0.39 is 15.9 Å². The fraction of sp³-hybridized carbons (Fsp3) is 0.174. The van der Waals surface area contributed by atoms with E-state index in [4.69, 9.17) is 11.6 Å². The zero-order valence-electron chi connectivity index (χ0n) is 16.9. The number of anilines is 2. The van der Waals surface area contributed by atoms with E-state index in [0.717, 1.165) is 21.0 Å². The van der Waals surface area contributed by atoms with E-state index >= 15 is 0 Å². The van der Waals surface area contributed by atoms with E-state index in [9.17, 15) is 13.2 Å². The van der Waals surface area contributed by atoms with Crippen LogP contribution in [0.15, 0.2) is 59.5 Å². The summed E-state index contributed by atoms with van der Waals surface area (Å²) in [6.45, 7) is 5.49. The van der Waals surface area contributed by atoms with Crippen LogP contribution in [0.3, 0.4) is 0 Å². The van der Waals surface area contributed by atoms with Gasteiger partial charge >= 0.3 is 0 Å². The molecule has 0 aromatic heterocycles. The smallest absolute Gasteiger partial charge is 0.265 e. The molecular weight excluding hydrogens is 420 g/mol. The number of carbonyl (C=O) groups excluding carboxylic acids is 1. The van der Waals surface area contributed by atoms with Crippen molar-refractivity contribution < 1.29 is 13.2 Å². The Bertz CT molecular complexity index is 1260. The SMILES string of the molecule is Cc1cc(C)c(NC(=O)CN2c3ccc(Cl)cc3-c3ccccc3S2(=O)=O)c(C)c1. The highest BCUT2D eigenvalue weighted by molar-refractivity contribution is 7.93. The summed E-state index contributed by atoms with van der Waals surface area (Å²) >= 11 is 6.18. The molecule has 30 heavy (non-hydrogen) atoms. The third-order valence-electron chi connectivity index (χ3n) is 5.20. The van der Waals surface area contributed by atoms with Crippen molar-refractivity contribution in [1.82, 2.24) is 0 Å². The van der Waals surface area contributed by atoms with Gasteiger partial charge in [0.1, 0.15) is 6.54 Å². The van der Waals surface area contributed by atoms with Crippen LogP contribution < -0.4 is 9.62 Å². The van der Waals surface area contributed by atoms with Gasteiger partial charge in [0, 0.05) is 21.8 Å². The van der Waals surface area contributed by atoms with Crippen molar-refractivity contribution >= 4 is 38.9 Å². The first-order valence-electron chi connectivity index (χ1n) is 9.48. The number of amides is 1. The van der Waals surface area contributed by atoms with Crippen LogP contribution in [-0.2, 0) is 14.8 Å². The first kappa shape index (κ1) is 20.4. The van der Waals surface area contributed by atoms with Crippen molar-refractivity contribution in [2.45, 2.75) is 25.7 Å². The Labute approximate surface area is 181 Å². The average Bonchev–Trinajstić information content (AvgIpc) is 2.68. The normalized spacial score (nSPS) is 14.1. The molecule has 3 aromatic carbocycles. The molecule has 0 saturated heterocycles. The van der Waals surface area contributed by atoms with Crippen LogP contribution in [0.1, 0.15) is 16.7 Å². The summed E-state index contributed by atoms with van der Waals surface area (Å²) in [6.07, 6.45) is 0. The first-order valence-corrected chi connectivity index (χ1v) is 11.3. The molecule has 0 atom stereocenters. The number of hydrogen-bond acceptors (Lipinski definition) is 3. The maximum absolute atomic E-state index is 13.3. The van der Waals surface area contributed by atoms with Gasteiger partial charge in [0.2, 0.25) is 5.91 Å². The predicted octanol–water partition coefficient (Wildman–Crippen LogP) is 5.08. The predicted molar refractivity (Wildman–Crippen MR) is 121 cm³/mol. The molecular formula is C23H21ClN2O3S. The third kappa shape index (κ3) is 3.46. The van der Waals surface area contributed by atoms with Gasteiger partial charge in [0.25, 0.3) is 10.0 Å². The summed E-state index contributed by atoms with van der Waals surface area (Å²) < 4.78 is 27.8. The van der Waals surface area contributed by atoms with Crippen LogP contribution in [-0.4, -0.2) is 20.9 Å². The molecule has 1 amide bonds. The van der Waals surface area contributed by atoms with Crippen molar-refractivity contribution in [3.63, 3.8) is 0 Å². The van der Waals surface area contributed by atoms with E-state index in [1.807, 2.05) is 32.9 Å². The number of benzene rings is 3. The maximum Gasteiger partial charge on any atom is 0.265 e. The molecule has 0 aliphatic carbocycles. The molecule has 1 heterocycles. The van der Waals surface area contributed by atoms with Crippen LogP contribution in [0, 0.1) is 20.8 Å². The lowest BCUT2D eigenvalue weighted by Gasteiger charge is -2.31. The van der Waals surface area contributed by atoms with Gasteiger partial charge in [-0.15, -0.1) is 0 Å². The highest BCUT2D eigenvalue weighted by Crippen LogP contribution is 2.43. The minimum absolute atomic E-state index is 0.162. The number of halogens is 1. The fourth-order valence-electron chi connectivity index (χ4n) is 3.96. The lowest BCUT2D eigenvalue weighted by atomic mass is 10.0. The van der Waals surface area contributed by atoms with Crippen LogP contribution in [0.2, 0.25) is 5.02 Å². The van der Waals surface area contributed by atoms with Gasteiger partial charge in [-0.1, -0.05) is 47.5 Å². The quantitative estimate of drug-likeness (QED) is 0.617. The van der Waals surface area contributed by atoms with Gasteiger partial charge in [0.05, 0.1) is 10.6 Å². The Morgan fingerprint density at radius 3 is 2.33 bits per heavy atom.